The summed E-state index contributed by atoms with van der Waals surface area (Å²) >= 11 is 0. The number of nitrogens with one attached hydrogen (secondary N) is 3. The summed E-state index contributed by atoms with van der Waals surface area (Å²) in [4.78, 5) is 0. The van der Waals surface area contributed by atoms with Crippen LogP contribution >= 0.6 is 0 Å². The van der Waals surface area contributed by atoms with Crippen molar-refractivity contribution in [1.29, 1.82) is 0 Å². The van der Waals surface area contributed by atoms with Crippen LogP contribution in [0.25, 0.3) is 0 Å². The molecule has 0 aromatic heterocycles. The van der Waals surface area contributed by atoms with E-state index in [4.69, 9.17) is 0 Å². The Bertz CT molecular complexity index is 89.8. The zero-order valence-corrected chi connectivity index (χ0v) is 4.70. The minimum atomic E-state index is 0.319. The Hall–Kier alpha value is -0.120. The lowest BCUT2D eigenvalue weighted by Crippen LogP contribution is -2.62. The van der Waals surface area contributed by atoms with Crippen molar-refractivity contribution >= 4 is 0 Å². The lowest BCUT2D eigenvalue weighted by molar-refractivity contribution is 0.328. The first-order valence-corrected chi connectivity index (χ1v) is 2.95. The molecule has 0 bridgehead atoms. The fraction of sp³-hybridized carbons (Fsp3) is 0.800. The van der Waals surface area contributed by atoms with Crippen LogP contribution in [0.3, 0.4) is 0 Å². The fourth-order valence-corrected chi connectivity index (χ4v) is 1.16. The van der Waals surface area contributed by atoms with Crippen LogP contribution < -0.4 is 16.0 Å². The second-order valence-corrected chi connectivity index (χ2v) is 2.46. The summed E-state index contributed by atoms with van der Waals surface area (Å²) in [6.45, 7) is 5.24. The molecule has 0 aromatic carbocycles. The zero-order chi connectivity index (χ0) is 5.45. The average molecular weight is 112 g/mol. The number of rotatable bonds is 0. The van der Waals surface area contributed by atoms with E-state index in [0.29, 0.717) is 5.54 Å². The highest BCUT2D eigenvalue weighted by atomic mass is 15.3. The second kappa shape index (κ2) is 1.43. The molecule has 0 amide bonds. The zero-order valence-electron chi connectivity index (χ0n) is 4.70. The van der Waals surface area contributed by atoms with E-state index in [1.54, 1.807) is 0 Å². The summed E-state index contributed by atoms with van der Waals surface area (Å²) in [5.74, 6) is 0. The SMILES string of the molecule is [CH]1NCC12CNCN2. The molecule has 0 aromatic rings. The van der Waals surface area contributed by atoms with Crippen LogP contribution in [0.2, 0.25) is 0 Å². The van der Waals surface area contributed by atoms with Crippen LogP contribution in [0.15, 0.2) is 0 Å². The van der Waals surface area contributed by atoms with Gasteiger partial charge in [0.25, 0.3) is 0 Å². The number of hydrogen-bond donors (Lipinski definition) is 3. The molecule has 2 saturated heterocycles. The molecule has 3 heteroatoms. The molecular weight excluding hydrogens is 102 g/mol. The Morgan fingerprint density at radius 1 is 1.38 bits per heavy atom. The molecule has 1 unspecified atom stereocenters. The molecule has 0 saturated carbocycles. The molecule has 2 heterocycles. The molecule has 2 aliphatic heterocycles. The van der Waals surface area contributed by atoms with Crippen molar-refractivity contribution in [2.75, 3.05) is 19.8 Å². The molecule has 2 fully saturated rings. The van der Waals surface area contributed by atoms with E-state index in [9.17, 15) is 0 Å². The fourth-order valence-electron chi connectivity index (χ4n) is 1.16. The lowest BCUT2D eigenvalue weighted by Gasteiger charge is -2.37. The third kappa shape index (κ3) is 0.491. The maximum atomic E-state index is 3.34. The van der Waals surface area contributed by atoms with Gasteiger partial charge in [-0.2, -0.15) is 0 Å². The molecule has 2 aliphatic rings. The smallest absolute Gasteiger partial charge is 0.0613 e. The van der Waals surface area contributed by atoms with Gasteiger partial charge < -0.3 is 10.6 Å². The van der Waals surface area contributed by atoms with E-state index in [0.717, 1.165) is 19.8 Å². The highest BCUT2D eigenvalue weighted by Crippen LogP contribution is 2.15. The van der Waals surface area contributed by atoms with E-state index in [2.05, 4.69) is 22.5 Å². The van der Waals surface area contributed by atoms with Crippen molar-refractivity contribution in [1.82, 2.24) is 16.0 Å². The molecule has 3 N–H and O–H groups in total. The minimum absolute atomic E-state index is 0.319. The van der Waals surface area contributed by atoms with Crippen LogP contribution in [-0.2, 0) is 0 Å². The van der Waals surface area contributed by atoms with E-state index in [-0.39, 0.29) is 0 Å². The molecule has 45 valence electrons. The van der Waals surface area contributed by atoms with E-state index in [1.165, 1.54) is 0 Å². The van der Waals surface area contributed by atoms with Crippen molar-refractivity contribution in [2.45, 2.75) is 5.54 Å². The van der Waals surface area contributed by atoms with Gasteiger partial charge in [0.1, 0.15) is 0 Å². The lowest BCUT2D eigenvalue weighted by atomic mass is 9.94. The quantitative estimate of drug-likeness (QED) is 0.362. The first-order chi connectivity index (χ1) is 3.91. The van der Waals surface area contributed by atoms with Crippen molar-refractivity contribution in [2.24, 2.45) is 0 Å². The predicted octanol–water partition coefficient (Wildman–Crippen LogP) is -1.36. The topological polar surface area (TPSA) is 36.1 Å². The minimum Gasteiger partial charge on any atom is -0.309 e. The van der Waals surface area contributed by atoms with Gasteiger partial charge in [0.05, 0.1) is 5.54 Å². The van der Waals surface area contributed by atoms with Crippen LogP contribution in [0.5, 0.6) is 0 Å². The van der Waals surface area contributed by atoms with Gasteiger partial charge in [0, 0.05) is 26.3 Å². The van der Waals surface area contributed by atoms with Crippen molar-refractivity contribution < 1.29 is 0 Å². The van der Waals surface area contributed by atoms with E-state index < -0.39 is 0 Å². The summed E-state index contributed by atoms with van der Waals surface area (Å²) in [5.41, 5.74) is 0.319. The molecule has 1 spiro atoms. The van der Waals surface area contributed by atoms with Crippen LogP contribution in [0, 0.1) is 6.54 Å². The average Bonchev–Trinajstić information content (AvgIpc) is 2.07. The maximum absolute atomic E-state index is 3.34. The standard InChI is InChI=1S/C5H10N3/c1-5(2-6-1)3-7-4-8-5/h1,6-8H,2-4H2. The first-order valence-electron chi connectivity index (χ1n) is 2.95. The highest BCUT2D eigenvalue weighted by Gasteiger charge is 2.39. The largest absolute Gasteiger partial charge is 0.309 e. The van der Waals surface area contributed by atoms with Gasteiger partial charge >= 0.3 is 0 Å². The van der Waals surface area contributed by atoms with E-state index >= 15 is 0 Å². The molecule has 3 nitrogen and oxygen atoms in total. The normalized spacial score (nSPS) is 33.0. The summed E-state index contributed by atoms with van der Waals surface area (Å²) in [7, 11) is 0. The molecule has 8 heavy (non-hydrogen) atoms. The maximum Gasteiger partial charge on any atom is 0.0613 e. The van der Waals surface area contributed by atoms with Gasteiger partial charge in [0.2, 0.25) is 0 Å². The summed E-state index contributed by atoms with van der Waals surface area (Å²) in [5, 5.41) is 9.69. The van der Waals surface area contributed by atoms with Crippen LogP contribution in [0.1, 0.15) is 0 Å². The highest BCUT2D eigenvalue weighted by molar-refractivity contribution is 5.13. The second-order valence-electron chi connectivity index (χ2n) is 2.46. The van der Waals surface area contributed by atoms with Crippen molar-refractivity contribution in [3.8, 4) is 0 Å². The third-order valence-corrected chi connectivity index (χ3v) is 1.80. The molecule has 2 rings (SSSR count). The summed E-state index contributed by atoms with van der Waals surface area (Å²) in [6, 6.07) is 0. The Labute approximate surface area is 48.8 Å². The third-order valence-electron chi connectivity index (χ3n) is 1.80. The molecule has 0 aliphatic carbocycles. The summed E-state index contributed by atoms with van der Waals surface area (Å²) in [6.07, 6.45) is 0. The van der Waals surface area contributed by atoms with Crippen molar-refractivity contribution in [3.05, 3.63) is 6.54 Å². The van der Waals surface area contributed by atoms with E-state index in [1.807, 2.05) is 0 Å². The summed E-state index contributed by atoms with van der Waals surface area (Å²) < 4.78 is 0. The van der Waals surface area contributed by atoms with Gasteiger partial charge in [-0.1, -0.05) is 0 Å². The van der Waals surface area contributed by atoms with Gasteiger partial charge in [-0.25, -0.2) is 0 Å². The van der Waals surface area contributed by atoms with Crippen LogP contribution in [0.4, 0.5) is 0 Å². The Balaban J connectivity index is 2.01. The van der Waals surface area contributed by atoms with Crippen molar-refractivity contribution in [3.63, 3.8) is 0 Å². The molecular formula is C5H10N3. The Kier molecular flexibility index (Phi) is 0.848. The number of hydrogen-bond acceptors (Lipinski definition) is 3. The van der Waals surface area contributed by atoms with Gasteiger partial charge in [-0.3, -0.25) is 5.32 Å². The predicted molar refractivity (Wildman–Crippen MR) is 31.0 cm³/mol. The Morgan fingerprint density at radius 3 is 2.50 bits per heavy atom. The first kappa shape index (κ1) is 4.73. The monoisotopic (exact) mass is 112 g/mol. The van der Waals surface area contributed by atoms with Gasteiger partial charge in [0.15, 0.2) is 0 Å². The molecule has 1 atom stereocenters. The Morgan fingerprint density at radius 2 is 2.25 bits per heavy atom. The van der Waals surface area contributed by atoms with Crippen LogP contribution in [-0.4, -0.2) is 25.3 Å². The molecule has 1 radical (unpaired) electrons. The van der Waals surface area contributed by atoms with Gasteiger partial charge in [-0.05, 0) is 0 Å². The van der Waals surface area contributed by atoms with Gasteiger partial charge in [-0.15, -0.1) is 0 Å².